The maximum Gasteiger partial charge on any atom is 0.488 e. The number of nitrogens with zero attached hydrogens (tertiary/aromatic N) is 8. The molecule has 0 unspecified atom stereocenters. The normalized spacial score (nSPS) is 10.4. The van der Waals surface area contributed by atoms with Crippen molar-refractivity contribution in [2.24, 2.45) is 0 Å². The van der Waals surface area contributed by atoms with Crippen LogP contribution in [0.4, 0.5) is 0 Å². The zero-order chi connectivity index (χ0) is 69.5. The van der Waals surface area contributed by atoms with Gasteiger partial charge in [-0.1, -0.05) is 219 Å². The number of alkyl halides is 1. The quantitative estimate of drug-likeness (QED) is 0.0174. The zero-order valence-electron chi connectivity index (χ0n) is 56.9. The third kappa shape index (κ3) is 36.1. The Kier molecular flexibility index (Phi) is 40.3. The van der Waals surface area contributed by atoms with Crippen LogP contribution in [0.1, 0.15) is 145 Å². The van der Waals surface area contributed by atoms with Gasteiger partial charge in [0.1, 0.15) is 23.0 Å². The minimum atomic E-state index is -1.46. The molecule has 0 saturated carbocycles. The molecular formula is C77H98BBrN8O6Si2. The molecule has 0 atom stereocenters. The van der Waals surface area contributed by atoms with E-state index in [1.54, 1.807) is 78.9 Å². The van der Waals surface area contributed by atoms with E-state index in [1.807, 2.05) is 73.7 Å². The van der Waals surface area contributed by atoms with Crippen LogP contribution in [-0.4, -0.2) is 80.5 Å². The maximum atomic E-state index is 9.08. The first-order chi connectivity index (χ1) is 45.8. The van der Waals surface area contributed by atoms with Gasteiger partial charge in [-0.3, -0.25) is 19.9 Å². The van der Waals surface area contributed by atoms with Crippen LogP contribution >= 0.6 is 15.9 Å². The van der Waals surface area contributed by atoms with Gasteiger partial charge in [0.05, 0.1) is 95.0 Å². The van der Waals surface area contributed by atoms with E-state index in [0.717, 1.165) is 58.2 Å². The number of halogens is 1. The fourth-order valence-corrected chi connectivity index (χ4v) is 15.6. The lowest BCUT2D eigenvalue weighted by Gasteiger charge is -2.21. The summed E-state index contributed by atoms with van der Waals surface area (Å²) in [7, 11) is -3.17. The summed E-state index contributed by atoms with van der Waals surface area (Å²) in [5.41, 5.74) is 9.04. The number of rotatable bonds is 28. The van der Waals surface area contributed by atoms with E-state index >= 15 is 0 Å². The molecule has 0 amide bonds. The molecule has 0 aliphatic rings. The van der Waals surface area contributed by atoms with E-state index in [4.69, 9.17) is 51.2 Å². The average Bonchev–Trinajstić information content (AvgIpc) is 0.961. The Morgan fingerprint density at radius 1 is 0.400 bits per heavy atom. The molecular weight excluding hydrogens is 1280 g/mol. The summed E-state index contributed by atoms with van der Waals surface area (Å²) in [4.78, 5) is 16.5. The number of hydrogen-bond donors (Lipinski definition) is 5. The summed E-state index contributed by atoms with van der Waals surface area (Å²) in [6.45, 7) is 17.5. The number of aromatic hydroxyl groups is 3. The second kappa shape index (κ2) is 47.4. The smallest absolute Gasteiger partial charge is 0.488 e. The van der Waals surface area contributed by atoms with Crippen molar-refractivity contribution in [2.45, 2.75) is 174 Å². The van der Waals surface area contributed by atoms with Crippen molar-refractivity contribution < 1.29 is 30.1 Å². The van der Waals surface area contributed by atoms with Crippen molar-refractivity contribution in [1.29, 1.82) is 21.0 Å². The van der Waals surface area contributed by atoms with Crippen LogP contribution in [0.15, 0.2) is 170 Å². The number of aryl methyl sites for hydroxylation is 1. The average molecular weight is 1380 g/mol. The Balaban J connectivity index is 0.000000313. The molecule has 0 bridgehead atoms. The van der Waals surface area contributed by atoms with Crippen molar-refractivity contribution in [3.8, 4) is 81.0 Å². The van der Waals surface area contributed by atoms with Crippen LogP contribution < -0.4 is 10.2 Å². The van der Waals surface area contributed by atoms with Crippen molar-refractivity contribution in [3.05, 3.63) is 198 Å². The number of benzene rings is 4. The monoisotopic (exact) mass is 1380 g/mol. The molecule has 0 aliphatic carbocycles. The number of nitriles is 4. The Bertz CT molecular complexity index is 3390. The lowest BCUT2D eigenvalue weighted by Crippen LogP contribution is -2.29. The van der Waals surface area contributed by atoms with Gasteiger partial charge in [0.2, 0.25) is 0 Å². The number of pyridine rings is 4. The van der Waals surface area contributed by atoms with Gasteiger partial charge in [-0.15, -0.1) is 0 Å². The van der Waals surface area contributed by atoms with Crippen molar-refractivity contribution in [2.75, 3.05) is 11.9 Å². The summed E-state index contributed by atoms with van der Waals surface area (Å²) >= 11 is 3.49. The molecule has 0 fully saturated rings. The lowest BCUT2D eigenvalue weighted by molar-refractivity contribution is 0.303. The first kappa shape index (κ1) is 80.8. The fourth-order valence-electron chi connectivity index (χ4n) is 9.65. The molecule has 500 valence electrons. The Morgan fingerprint density at radius 3 is 1.03 bits per heavy atom. The second-order valence-corrected chi connectivity index (χ2v) is 36.3. The van der Waals surface area contributed by atoms with E-state index in [2.05, 4.69) is 94.1 Å². The van der Waals surface area contributed by atoms with Crippen LogP contribution in [0, 0.1) is 52.2 Å². The van der Waals surface area contributed by atoms with Gasteiger partial charge >= 0.3 is 7.12 Å². The molecule has 0 saturated heterocycles. The molecule has 4 aromatic heterocycles. The summed E-state index contributed by atoms with van der Waals surface area (Å²) < 4.78 is 5.84. The summed E-state index contributed by atoms with van der Waals surface area (Å²) in [6, 6.07) is 56.1. The van der Waals surface area contributed by atoms with E-state index < -0.39 is 23.3 Å². The predicted molar refractivity (Wildman–Crippen MR) is 397 cm³/mol. The van der Waals surface area contributed by atoms with Crippen molar-refractivity contribution in [1.82, 2.24) is 19.9 Å². The van der Waals surface area contributed by atoms with Crippen LogP contribution in [0.25, 0.3) is 33.8 Å². The fraction of sp³-hybridized carbons (Fsp3) is 0.377. The van der Waals surface area contributed by atoms with E-state index in [0.29, 0.717) is 27.7 Å². The minimum Gasteiger partial charge on any atom is -0.506 e. The number of aromatic nitrogens is 4. The van der Waals surface area contributed by atoms with E-state index in [1.165, 1.54) is 157 Å². The van der Waals surface area contributed by atoms with Gasteiger partial charge in [-0.2, -0.15) is 21.0 Å². The van der Waals surface area contributed by atoms with Gasteiger partial charge < -0.3 is 30.1 Å². The standard InChI is InChI=1S/C26H38N2OSi.C14H31BrSi.2C12H8N2O.C7H6BNO2.C6H7NO/c1-4-5-19-30(2,3)20-11-9-7-6-8-10-18-29-25-16-17-26(28-22-25)24-14-12-23(21-27)13-15-24;1-4-5-13-16(2,3)14-11-9-7-6-8-10-12-15;2*13-7-9-1-3-10(4-2-9)12-6-5-11(15)8-14-12;9-5-6-1-3-7(4-2-6)8(10)11;1-5-2-3-6(8)4-7-5/h12-17,22H,4-11,18-20H2,1-3H3;4-14H2,1-3H3;2*1-6,8,15H;1-4,10-11H;2-4,8H,1H3. The Morgan fingerprint density at radius 2 is 0.726 bits per heavy atom. The highest BCUT2D eigenvalue weighted by atomic mass is 79.9. The number of hydrogen-bond acceptors (Lipinski definition) is 14. The highest BCUT2D eigenvalue weighted by molar-refractivity contribution is 9.09. The molecule has 8 rings (SSSR count). The molecule has 4 heterocycles. The van der Waals surface area contributed by atoms with Crippen LogP contribution in [0.2, 0.25) is 50.4 Å². The third-order valence-corrected chi connectivity index (χ3v) is 23.0. The van der Waals surface area contributed by atoms with E-state index in [9.17, 15) is 0 Å². The predicted octanol–water partition coefficient (Wildman–Crippen LogP) is 19.1. The van der Waals surface area contributed by atoms with E-state index in [-0.39, 0.29) is 17.2 Å². The Hall–Kier alpha value is -8.46. The van der Waals surface area contributed by atoms with Crippen molar-refractivity contribution >= 4 is 44.7 Å². The zero-order valence-corrected chi connectivity index (χ0v) is 60.5. The minimum absolute atomic E-state index is 0.146. The molecule has 0 radical (unpaired) electrons. The molecule has 0 spiro atoms. The molecule has 95 heavy (non-hydrogen) atoms. The second-order valence-electron chi connectivity index (χ2n) is 24.8. The summed E-state index contributed by atoms with van der Waals surface area (Å²) in [5.74, 6) is 1.34. The lowest BCUT2D eigenvalue weighted by atomic mass is 9.80. The molecule has 8 aromatic rings. The van der Waals surface area contributed by atoms with Gasteiger partial charge in [0, 0.05) is 43.9 Å². The molecule has 18 heteroatoms. The molecule has 5 N–H and O–H groups in total. The number of ether oxygens (including phenoxy) is 1. The van der Waals surface area contributed by atoms with Crippen LogP contribution in [0.3, 0.4) is 0 Å². The highest BCUT2D eigenvalue weighted by Crippen LogP contribution is 2.26. The van der Waals surface area contributed by atoms with Crippen LogP contribution in [0.5, 0.6) is 23.0 Å². The third-order valence-electron chi connectivity index (χ3n) is 15.6. The molecule has 14 nitrogen and oxygen atoms in total. The largest absolute Gasteiger partial charge is 0.506 e. The summed E-state index contributed by atoms with van der Waals surface area (Å²) in [6.07, 6.45) is 28.1. The van der Waals surface area contributed by atoms with Gasteiger partial charge in [-0.05, 0) is 122 Å². The maximum absolute atomic E-state index is 9.08. The molecule has 4 aromatic carbocycles. The van der Waals surface area contributed by atoms with Gasteiger partial charge in [0.25, 0.3) is 0 Å². The first-order valence-corrected chi connectivity index (χ1v) is 41.2. The topological polar surface area (TPSA) is 257 Å². The SMILES string of the molecule is CCCC[Si](C)(C)CCCCCCCCBr.CCCC[Si](C)(C)CCCCCCCCOc1ccc(-c2ccc(C#N)cc2)nc1.Cc1ccc(O)cn1.N#Cc1ccc(-c2ccc(O)cn2)cc1.N#Cc1ccc(-c2ccc(O)cn2)cc1.N#Cc1ccc(B(O)O)cc1. The summed E-state index contributed by atoms with van der Waals surface area (Å²) in [5, 5.41) is 79.9. The highest BCUT2D eigenvalue weighted by Gasteiger charge is 2.20. The van der Waals surface area contributed by atoms with Gasteiger partial charge in [0.15, 0.2) is 0 Å². The van der Waals surface area contributed by atoms with Gasteiger partial charge in [-0.25, -0.2) is 0 Å². The first-order valence-electron chi connectivity index (χ1n) is 33.2. The Labute approximate surface area is 577 Å². The van der Waals surface area contributed by atoms with Crippen molar-refractivity contribution in [3.63, 3.8) is 0 Å². The van der Waals surface area contributed by atoms with Crippen LogP contribution in [-0.2, 0) is 0 Å². The number of unbranched alkanes of at least 4 members (excludes halogenated alkanes) is 12. The molecule has 0 aliphatic heterocycles.